The third-order valence-corrected chi connectivity index (χ3v) is 9.99. The summed E-state index contributed by atoms with van der Waals surface area (Å²) in [5, 5.41) is 19.8. The van der Waals surface area contributed by atoms with Crippen LogP contribution in [0.15, 0.2) is 84.9 Å². The van der Waals surface area contributed by atoms with Crippen LogP contribution < -0.4 is 0 Å². The molecule has 2 nitrogen and oxygen atoms in total. The minimum atomic E-state index is -0.145. The van der Waals surface area contributed by atoms with E-state index in [2.05, 4.69) is 74.5 Å². The zero-order valence-electron chi connectivity index (χ0n) is 24.7. The van der Waals surface area contributed by atoms with E-state index in [0.717, 1.165) is 0 Å². The van der Waals surface area contributed by atoms with Gasteiger partial charge in [0.1, 0.15) is 11.5 Å². The zero-order valence-corrected chi connectivity index (χ0v) is 24.7. The molecule has 0 unspecified atom stereocenters. The van der Waals surface area contributed by atoms with Gasteiger partial charge in [-0.1, -0.05) is 113 Å². The van der Waals surface area contributed by atoms with E-state index in [4.69, 9.17) is 0 Å². The average Bonchev–Trinajstić information content (AvgIpc) is 3.02. The molecule has 2 aliphatic carbocycles. The summed E-state index contributed by atoms with van der Waals surface area (Å²) in [7, 11) is 0. The first-order valence-electron chi connectivity index (χ1n) is 15.8. The fourth-order valence-electron chi connectivity index (χ4n) is 7.38. The van der Waals surface area contributed by atoms with Gasteiger partial charge in [-0.05, 0) is 106 Å². The number of hydrogen-bond donors (Lipinski definition) is 2. The normalized spacial score (nSPS) is 17.0. The van der Waals surface area contributed by atoms with Crippen molar-refractivity contribution in [3.05, 3.63) is 107 Å². The molecule has 6 rings (SSSR count). The summed E-state index contributed by atoms with van der Waals surface area (Å²) in [6.45, 7) is 4.76. The summed E-state index contributed by atoms with van der Waals surface area (Å²) < 4.78 is 0. The van der Waals surface area contributed by atoms with E-state index in [1.807, 2.05) is 0 Å². The lowest BCUT2D eigenvalue weighted by Gasteiger charge is -2.32. The van der Waals surface area contributed by atoms with Crippen molar-refractivity contribution in [2.45, 2.75) is 95.3 Å². The van der Waals surface area contributed by atoms with Crippen molar-refractivity contribution in [2.75, 3.05) is 0 Å². The molecule has 2 saturated carbocycles. The molecule has 0 heterocycles. The van der Waals surface area contributed by atoms with Gasteiger partial charge in [0.2, 0.25) is 0 Å². The summed E-state index contributed by atoms with van der Waals surface area (Å²) in [5.41, 5.74) is 10.5. The smallest absolute Gasteiger partial charge is 0.115 e. The van der Waals surface area contributed by atoms with Crippen LogP contribution in [0.3, 0.4) is 0 Å². The molecule has 2 N–H and O–H groups in total. The number of phenols is 2. The molecule has 0 atom stereocenters. The maximum absolute atomic E-state index is 9.91. The van der Waals surface area contributed by atoms with E-state index in [-0.39, 0.29) is 5.41 Å². The number of rotatable bonds is 6. The predicted octanol–water partition coefficient (Wildman–Crippen LogP) is 10.9. The molecule has 0 spiro atoms. The van der Waals surface area contributed by atoms with Crippen molar-refractivity contribution < 1.29 is 10.2 Å². The van der Waals surface area contributed by atoms with Crippen LogP contribution in [0.2, 0.25) is 0 Å². The summed E-state index contributed by atoms with van der Waals surface area (Å²) in [6.07, 6.45) is 12.9. The second kappa shape index (κ2) is 11.8. The van der Waals surface area contributed by atoms with Gasteiger partial charge in [0, 0.05) is 5.41 Å². The van der Waals surface area contributed by atoms with Crippen molar-refractivity contribution in [1.29, 1.82) is 0 Å². The highest BCUT2D eigenvalue weighted by Gasteiger charge is 2.29. The minimum absolute atomic E-state index is 0.145. The average molecular weight is 545 g/mol. The summed E-state index contributed by atoms with van der Waals surface area (Å²) in [6, 6.07) is 29.8. The first-order valence-corrected chi connectivity index (χ1v) is 15.8. The molecule has 41 heavy (non-hydrogen) atoms. The second-order valence-corrected chi connectivity index (χ2v) is 13.0. The van der Waals surface area contributed by atoms with Crippen molar-refractivity contribution >= 4 is 0 Å². The molecule has 4 aromatic carbocycles. The van der Waals surface area contributed by atoms with E-state index in [0.29, 0.717) is 23.3 Å². The van der Waals surface area contributed by atoms with Crippen LogP contribution in [0.4, 0.5) is 0 Å². The number of phenolic OH excluding ortho intramolecular Hbond substituents is 2. The number of hydrogen-bond acceptors (Lipinski definition) is 2. The van der Waals surface area contributed by atoms with Crippen molar-refractivity contribution in [2.24, 2.45) is 0 Å². The second-order valence-electron chi connectivity index (χ2n) is 13.0. The molecule has 0 aliphatic heterocycles. The van der Waals surface area contributed by atoms with Crippen molar-refractivity contribution in [3.8, 4) is 33.8 Å². The molecular formula is C39H44O2. The van der Waals surface area contributed by atoms with E-state index in [1.165, 1.54) is 109 Å². The molecule has 4 aromatic rings. The summed E-state index contributed by atoms with van der Waals surface area (Å²) in [5.74, 6) is 1.79. The van der Waals surface area contributed by atoms with E-state index in [9.17, 15) is 10.2 Å². The van der Waals surface area contributed by atoms with Crippen molar-refractivity contribution in [1.82, 2.24) is 0 Å². The van der Waals surface area contributed by atoms with Crippen LogP contribution in [0.1, 0.15) is 112 Å². The van der Waals surface area contributed by atoms with Crippen LogP contribution in [0.25, 0.3) is 22.3 Å². The lowest BCUT2D eigenvalue weighted by Crippen LogP contribution is -2.21. The van der Waals surface area contributed by atoms with Crippen molar-refractivity contribution in [3.63, 3.8) is 0 Å². The van der Waals surface area contributed by atoms with Gasteiger partial charge in [-0.3, -0.25) is 0 Å². The molecule has 0 bridgehead atoms. The zero-order chi connectivity index (χ0) is 28.4. The summed E-state index contributed by atoms with van der Waals surface area (Å²) in [4.78, 5) is 0. The van der Waals surface area contributed by atoms with Crippen LogP contribution in [0.5, 0.6) is 11.5 Å². The maximum atomic E-state index is 9.91. The van der Waals surface area contributed by atoms with Gasteiger partial charge >= 0.3 is 0 Å². The number of benzene rings is 4. The fraction of sp³-hybridized carbons (Fsp3) is 0.385. The Morgan fingerprint density at radius 2 is 0.854 bits per heavy atom. The highest BCUT2D eigenvalue weighted by atomic mass is 16.3. The third kappa shape index (κ3) is 5.80. The quantitative estimate of drug-likeness (QED) is 0.253. The molecule has 0 aromatic heterocycles. The first kappa shape index (κ1) is 27.6. The van der Waals surface area contributed by atoms with Crippen LogP contribution in [-0.4, -0.2) is 10.2 Å². The molecule has 2 fully saturated rings. The Morgan fingerprint density at radius 1 is 0.488 bits per heavy atom. The SMILES string of the molecule is CC(C)(c1ccc(-c2ccc(O)cc2)c(C2CCCCC2)c1)c1ccc(-c2ccc(O)cc2)c(C2CCCCC2)c1. The third-order valence-electron chi connectivity index (χ3n) is 9.99. The van der Waals surface area contributed by atoms with Crippen LogP contribution in [-0.2, 0) is 5.41 Å². The van der Waals surface area contributed by atoms with Gasteiger partial charge in [0.05, 0.1) is 0 Å². The molecule has 0 radical (unpaired) electrons. The molecule has 212 valence electrons. The Kier molecular flexibility index (Phi) is 7.93. The Hall–Kier alpha value is -3.52. The first-order chi connectivity index (χ1) is 19.9. The van der Waals surface area contributed by atoms with E-state index >= 15 is 0 Å². The Labute approximate surface area is 246 Å². The summed E-state index contributed by atoms with van der Waals surface area (Å²) >= 11 is 0. The monoisotopic (exact) mass is 544 g/mol. The minimum Gasteiger partial charge on any atom is -0.508 e. The predicted molar refractivity (Wildman–Crippen MR) is 171 cm³/mol. The molecular weight excluding hydrogens is 500 g/mol. The molecule has 2 aliphatic rings. The van der Waals surface area contributed by atoms with Gasteiger partial charge in [-0.25, -0.2) is 0 Å². The Morgan fingerprint density at radius 3 is 1.22 bits per heavy atom. The molecule has 0 amide bonds. The van der Waals surface area contributed by atoms with E-state index in [1.54, 1.807) is 24.3 Å². The standard InChI is InChI=1S/C39H44O2/c1-39(2,31-17-23-35(29-13-19-33(40)20-14-29)37(25-31)27-9-5-3-6-10-27)32-18-24-36(30-15-21-34(41)22-16-30)38(26-32)28-11-7-4-8-12-28/h13-28,40-41H,3-12H2,1-2H3. The lowest BCUT2D eigenvalue weighted by molar-refractivity contribution is 0.443. The van der Waals surface area contributed by atoms with Gasteiger partial charge < -0.3 is 10.2 Å². The fourth-order valence-corrected chi connectivity index (χ4v) is 7.38. The maximum Gasteiger partial charge on any atom is 0.115 e. The Balaban J connectivity index is 1.43. The Bertz CT molecular complexity index is 1350. The number of aromatic hydroxyl groups is 2. The topological polar surface area (TPSA) is 40.5 Å². The van der Waals surface area contributed by atoms with Gasteiger partial charge in [-0.15, -0.1) is 0 Å². The van der Waals surface area contributed by atoms with Gasteiger partial charge in [0.25, 0.3) is 0 Å². The molecule has 2 heteroatoms. The highest BCUT2D eigenvalue weighted by molar-refractivity contribution is 5.71. The van der Waals surface area contributed by atoms with Crippen LogP contribution in [0, 0.1) is 0 Å². The lowest BCUT2D eigenvalue weighted by atomic mass is 9.72. The van der Waals surface area contributed by atoms with Gasteiger partial charge in [-0.2, -0.15) is 0 Å². The molecule has 0 saturated heterocycles. The van der Waals surface area contributed by atoms with Crippen LogP contribution >= 0.6 is 0 Å². The van der Waals surface area contributed by atoms with Gasteiger partial charge in [0.15, 0.2) is 0 Å². The van der Waals surface area contributed by atoms with E-state index < -0.39 is 0 Å². The highest BCUT2D eigenvalue weighted by Crippen LogP contribution is 2.44. The largest absolute Gasteiger partial charge is 0.508 e.